The van der Waals surface area contributed by atoms with Crippen LogP contribution in [0.2, 0.25) is 0 Å². The number of nitrogens with two attached hydrogens (primary N) is 1. The maximum Gasteiger partial charge on any atom is 0.0164 e. The molecule has 1 aliphatic carbocycles. The zero-order chi connectivity index (χ0) is 8.81. The third kappa shape index (κ3) is 3.55. The van der Waals surface area contributed by atoms with Crippen molar-refractivity contribution in [3.05, 3.63) is 0 Å². The molecule has 0 aromatic heterocycles. The average Bonchev–Trinajstić information content (AvgIpc) is 2.33. The summed E-state index contributed by atoms with van der Waals surface area (Å²) in [6.45, 7) is 2.93. The van der Waals surface area contributed by atoms with Crippen molar-refractivity contribution in [2.24, 2.45) is 5.73 Å². The largest absolute Gasteiger partial charge is 0.329 e. The second kappa shape index (κ2) is 5.55. The molecule has 3 N–H and O–H groups in total. The molecule has 1 aliphatic rings. The summed E-state index contributed by atoms with van der Waals surface area (Å²) in [5.74, 6) is 0. The van der Waals surface area contributed by atoms with E-state index in [9.17, 15) is 0 Å². The van der Waals surface area contributed by atoms with Crippen LogP contribution in [-0.2, 0) is 0 Å². The van der Waals surface area contributed by atoms with Gasteiger partial charge in [-0.3, -0.25) is 0 Å². The first kappa shape index (κ1) is 10.0. The molecular weight excluding hydrogens is 148 g/mol. The predicted octanol–water partition coefficient (Wildman–Crippen LogP) is 1.65. The summed E-state index contributed by atoms with van der Waals surface area (Å²) >= 11 is 0. The van der Waals surface area contributed by atoms with E-state index in [1.54, 1.807) is 0 Å². The van der Waals surface area contributed by atoms with E-state index in [2.05, 4.69) is 12.2 Å². The van der Waals surface area contributed by atoms with Gasteiger partial charge in [0.15, 0.2) is 0 Å². The molecule has 0 aromatic carbocycles. The van der Waals surface area contributed by atoms with Crippen LogP contribution in [0.3, 0.4) is 0 Å². The Hall–Kier alpha value is -0.0800. The molecule has 1 unspecified atom stereocenters. The SMILES string of the molecule is CC(CN)NC1CCCCCC1. The monoisotopic (exact) mass is 170 g/mol. The summed E-state index contributed by atoms with van der Waals surface area (Å²) in [6.07, 6.45) is 8.35. The second-order valence-corrected chi connectivity index (χ2v) is 3.99. The maximum absolute atomic E-state index is 5.57. The van der Waals surface area contributed by atoms with E-state index in [-0.39, 0.29) is 0 Å². The summed E-state index contributed by atoms with van der Waals surface area (Å²) in [4.78, 5) is 0. The van der Waals surface area contributed by atoms with Gasteiger partial charge < -0.3 is 11.1 Å². The molecule has 2 nitrogen and oxygen atoms in total. The molecule has 0 bridgehead atoms. The zero-order valence-corrected chi connectivity index (χ0v) is 8.18. The minimum absolute atomic E-state index is 0.494. The smallest absolute Gasteiger partial charge is 0.0164 e. The summed E-state index contributed by atoms with van der Waals surface area (Å²) in [6, 6.07) is 1.24. The van der Waals surface area contributed by atoms with Crippen LogP contribution in [0.4, 0.5) is 0 Å². The van der Waals surface area contributed by atoms with E-state index in [4.69, 9.17) is 5.73 Å². The molecule has 72 valence electrons. The molecule has 0 heterocycles. The Labute approximate surface area is 75.9 Å². The van der Waals surface area contributed by atoms with Crippen molar-refractivity contribution in [2.45, 2.75) is 57.5 Å². The minimum Gasteiger partial charge on any atom is -0.329 e. The molecule has 0 aliphatic heterocycles. The van der Waals surface area contributed by atoms with Crippen LogP contribution in [0, 0.1) is 0 Å². The Morgan fingerprint density at radius 3 is 2.33 bits per heavy atom. The fraction of sp³-hybridized carbons (Fsp3) is 1.00. The van der Waals surface area contributed by atoms with E-state index in [1.165, 1.54) is 38.5 Å². The van der Waals surface area contributed by atoms with Crippen molar-refractivity contribution in [3.63, 3.8) is 0 Å². The Morgan fingerprint density at radius 2 is 1.83 bits per heavy atom. The number of rotatable bonds is 3. The summed E-state index contributed by atoms with van der Waals surface area (Å²) in [5.41, 5.74) is 5.57. The lowest BCUT2D eigenvalue weighted by Gasteiger charge is -2.20. The van der Waals surface area contributed by atoms with E-state index in [0.717, 1.165) is 12.6 Å². The normalized spacial score (nSPS) is 23.5. The maximum atomic E-state index is 5.57. The van der Waals surface area contributed by atoms with Crippen molar-refractivity contribution < 1.29 is 0 Å². The lowest BCUT2D eigenvalue weighted by molar-refractivity contribution is 0.411. The van der Waals surface area contributed by atoms with Crippen LogP contribution in [0.15, 0.2) is 0 Å². The van der Waals surface area contributed by atoms with E-state index < -0.39 is 0 Å². The third-order valence-corrected chi connectivity index (χ3v) is 2.73. The van der Waals surface area contributed by atoms with Gasteiger partial charge in [0.25, 0.3) is 0 Å². The quantitative estimate of drug-likeness (QED) is 0.632. The van der Waals surface area contributed by atoms with Gasteiger partial charge in [-0.15, -0.1) is 0 Å². The van der Waals surface area contributed by atoms with Crippen molar-refractivity contribution in [1.29, 1.82) is 0 Å². The fourth-order valence-corrected chi connectivity index (χ4v) is 1.92. The Morgan fingerprint density at radius 1 is 1.25 bits per heavy atom. The zero-order valence-electron chi connectivity index (χ0n) is 8.18. The van der Waals surface area contributed by atoms with Crippen LogP contribution in [0.1, 0.15) is 45.4 Å². The molecule has 1 rings (SSSR count). The van der Waals surface area contributed by atoms with Crippen molar-refractivity contribution >= 4 is 0 Å². The number of hydrogen-bond acceptors (Lipinski definition) is 2. The molecule has 0 radical (unpaired) electrons. The van der Waals surface area contributed by atoms with Gasteiger partial charge in [-0.2, -0.15) is 0 Å². The van der Waals surface area contributed by atoms with Gasteiger partial charge in [0, 0.05) is 18.6 Å². The highest BCUT2D eigenvalue weighted by Gasteiger charge is 2.12. The van der Waals surface area contributed by atoms with Crippen LogP contribution < -0.4 is 11.1 Å². The van der Waals surface area contributed by atoms with Crippen molar-refractivity contribution in [2.75, 3.05) is 6.54 Å². The fourth-order valence-electron chi connectivity index (χ4n) is 1.92. The topological polar surface area (TPSA) is 38.0 Å². The van der Waals surface area contributed by atoms with Gasteiger partial charge in [0.1, 0.15) is 0 Å². The first-order chi connectivity index (χ1) is 5.83. The first-order valence-corrected chi connectivity index (χ1v) is 5.29. The average molecular weight is 170 g/mol. The first-order valence-electron chi connectivity index (χ1n) is 5.29. The minimum atomic E-state index is 0.494. The van der Waals surface area contributed by atoms with Gasteiger partial charge in [0.2, 0.25) is 0 Å². The van der Waals surface area contributed by atoms with Gasteiger partial charge in [-0.05, 0) is 19.8 Å². The number of nitrogens with one attached hydrogen (secondary N) is 1. The molecule has 12 heavy (non-hydrogen) atoms. The van der Waals surface area contributed by atoms with Gasteiger partial charge in [-0.1, -0.05) is 25.7 Å². The molecule has 2 heteroatoms. The predicted molar refractivity (Wildman–Crippen MR) is 53.1 cm³/mol. The summed E-state index contributed by atoms with van der Waals surface area (Å²) < 4.78 is 0. The second-order valence-electron chi connectivity index (χ2n) is 3.99. The van der Waals surface area contributed by atoms with E-state index >= 15 is 0 Å². The third-order valence-electron chi connectivity index (χ3n) is 2.73. The molecular formula is C10H22N2. The van der Waals surface area contributed by atoms with Gasteiger partial charge >= 0.3 is 0 Å². The highest BCUT2D eigenvalue weighted by Crippen LogP contribution is 2.17. The Bertz CT molecular complexity index is 106. The van der Waals surface area contributed by atoms with E-state index in [1.807, 2.05) is 0 Å². The Balaban J connectivity index is 2.20. The van der Waals surface area contributed by atoms with Gasteiger partial charge in [-0.25, -0.2) is 0 Å². The highest BCUT2D eigenvalue weighted by atomic mass is 15.0. The molecule has 0 spiro atoms. The highest BCUT2D eigenvalue weighted by molar-refractivity contribution is 4.74. The molecule has 0 aromatic rings. The molecule has 0 saturated heterocycles. The van der Waals surface area contributed by atoms with Crippen LogP contribution in [0.25, 0.3) is 0 Å². The van der Waals surface area contributed by atoms with Crippen LogP contribution in [-0.4, -0.2) is 18.6 Å². The summed E-state index contributed by atoms with van der Waals surface area (Å²) in [5, 5.41) is 3.58. The lowest BCUT2D eigenvalue weighted by atomic mass is 10.1. The van der Waals surface area contributed by atoms with Crippen LogP contribution in [0.5, 0.6) is 0 Å². The molecule has 1 atom stereocenters. The molecule has 1 saturated carbocycles. The molecule has 1 fully saturated rings. The lowest BCUT2D eigenvalue weighted by Crippen LogP contribution is -2.40. The molecule has 0 amide bonds. The van der Waals surface area contributed by atoms with Crippen molar-refractivity contribution in [3.8, 4) is 0 Å². The van der Waals surface area contributed by atoms with Crippen LogP contribution >= 0.6 is 0 Å². The standard InChI is InChI=1S/C10H22N2/c1-9(8-11)12-10-6-4-2-3-5-7-10/h9-10,12H,2-8,11H2,1H3. The van der Waals surface area contributed by atoms with Gasteiger partial charge in [0.05, 0.1) is 0 Å². The number of hydrogen-bond donors (Lipinski definition) is 2. The Kier molecular flexibility index (Phi) is 4.62. The van der Waals surface area contributed by atoms with Crippen molar-refractivity contribution in [1.82, 2.24) is 5.32 Å². The summed E-state index contributed by atoms with van der Waals surface area (Å²) in [7, 11) is 0. The van der Waals surface area contributed by atoms with E-state index in [0.29, 0.717) is 6.04 Å².